The van der Waals surface area contributed by atoms with E-state index < -0.39 is 16.5 Å². The number of rotatable bonds is 11. The molecule has 0 atom stereocenters. The molecule has 4 nitrogen and oxygen atoms in total. The summed E-state index contributed by atoms with van der Waals surface area (Å²) in [6.07, 6.45) is 1.28. The number of hydrogen-bond donors (Lipinski definition) is 1. The van der Waals surface area contributed by atoms with Gasteiger partial charge >= 0.3 is 35.9 Å². The molecule has 118 valence electrons. The summed E-state index contributed by atoms with van der Waals surface area (Å²) in [6, 6.07) is 0. The van der Waals surface area contributed by atoms with Gasteiger partial charge in [0.05, 0.1) is 12.4 Å². The molecular weight excluding hydrogens is 308 g/mol. The van der Waals surface area contributed by atoms with Crippen LogP contribution in [0.4, 0.5) is 13.2 Å². The average Bonchev–Trinajstić information content (AvgIpc) is 2.22. The van der Waals surface area contributed by atoms with Crippen molar-refractivity contribution < 1.29 is 30.9 Å². The molecule has 0 aliphatic carbocycles. The van der Waals surface area contributed by atoms with Gasteiger partial charge in [0.1, 0.15) is 0 Å². The number of unbranched alkanes of at least 4 members (excludes halogenated alkanes) is 7. The molecule has 0 rings (SSSR count). The van der Waals surface area contributed by atoms with E-state index in [0.717, 1.165) is 32.1 Å². The Morgan fingerprint density at radius 1 is 0.850 bits per heavy atom. The molecule has 0 unspecified atom stereocenters. The Hall–Kier alpha value is 0.660. The van der Waals surface area contributed by atoms with E-state index in [-0.39, 0.29) is 41.9 Å². The van der Waals surface area contributed by atoms with Gasteiger partial charge in [-0.15, -0.1) is 13.2 Å². The summed E-state index contributed by atoms with van der Waals surface area (Å²) in [6.45, 7) is -0.294. The third-order valence-corrected chi connectivity index (χ3v) is 3.37. The van der Waals surface area contributed by atoms with Crippen LogP contribution in [-0.2, 0) is 14.9 Å². The minimum absolute atomic E-state index is 0. The van der Waals surface area contributed by atoms with Crippen LogP contribution >= 0.6 is 0 Å². The molecule has 0 aromatic rings. The van der Waals surface area contributed by atoms with E-state index in [9.17, 15) is 21.6 Å². The zero-order valence-electron chi connectivity index (χ0n) is 10.8. The molecule has 0 saturated heterocycles. The van der Waals surface area contributed by atoms with Crippen molar-refractivity contribution in [3.8, 4) is 0 Å². The van der Waals surface area contributed by atoms with Gasteiger partial charge in [-0.25, -0.2) is 0 Å². The summed E-state index contributed by atoms with van der Waals surface area (Å²) in [5.74, 6) is -0.207. The fourth-order valence-electron chi connectivity index (χ4n) is 1.64. The van der Waals surface area contributed by atoms with Gasteiger partial charge in [-0.2, -0.15) is 8.42 Å². The van der Waals surface area contributed by atoms with E-state index in [1.165, 1.54) is 0 Å². The molecule has 1 N–H and O–H groups in total. The molecule has 20 heavy (non-hydrogen) atoms. The Balaban J connectivity index is 0. The molecule has 0 radical (unpaired) electrons. The molecule has 0 heterocycles. The molecule has 0 amide bonds. The van der Waals surface area contributed by atoms with Crippen molar-refractivity contribution in [3.05, 3.63) is 0 Å². The maximum atomic E-state index is 11.6. The van der Waals surface area contributed by atoms with Crippen LogP contribution < -0.4 is 0 Å². The zero-order valence-corrected chi connectivity index (χ0v) is 11.6. The van der Waals surface area contributed by atoms with E-state index in [1.807, 2.05) is 0 Å². The number of hydrogen-bond acceptors (Lipinski definition) is 3. The van der Waals surface area contributed by atoms with Crippen LogP contribution in [0.2, 0.25) is 0 Å². The molecular formula is C11H22F3NaO4S. The first-order chi connectivity index (χ1) is 8.71. The second-order valence-corrected chi connectivity index (χ2v) is 5.98. The second kappa shape index (κ2) is 12.2. The van der Waals surface area contributed by atoms with Gasteiger partial charge in [0.15, 0.2) is 0 Å². The van der Waals surface area contributed by atoms with E-state index in [2.05, 4.69) is 4.74 Å². The number of halogens is 3. The van der Waals surface area contributed by atoms with E-state index in [4.69, 9.17) is 4.55 Å². The standard InChI is InChI=1S/C11H21F3O4S.Na.H/c12-11(13,14)18-9-7-5-3-1-2-4-6-8-10-19(15,16)17;;/h1-10H2,(H,15,16,17);;. The van der Waals surface area contributed by atoms with E-state index >= 15 is 0 Å². The van der Waals surface area contributed by atoms with Crippen LogP contribution in [0.3, 0.4) is 0 Å². The topological polar surface area (TPSA) is 63.6 Å². The summed E-state index contributed by atoms with van der Waals surface area (Å²) in [5, 5.41) is 0. The van der Waals surface area contributed by atoms with Gasteiger partial charge < -0.3 is 0 Å². The van der Waals surface area contributed by atoms with Crippen LogP contribution in [0.1, 0.15) is 51.4 Å². The van der Waals surface area contributed by atoms with E-state index in [0.29, 0.717) is 19.3 Å². The average molecular weight is 330 g/mol. The van der Waals surface area contributed by atoms with Gasteiger partial charge in [0, 0.05) is 0 Å². The first-order valence-electron chi connectivity index (χ1n) is 6.36. The normalized spacial score (nSPS) is 12.2. The van der Waals surface area contributed by atoms with Crippen molar-refractivity contribution in [1.82, 2.24) is 0 Å². The fourth-order valence-corrected chi connectivity index (χ4v) is 2.20. The van der Waals surface area contributed by atoms with Crippen molar-refractivity contribution in [2.45, 2.75) is 57.7 Å². The quantitative estimate of drug-likeness (QED) is 0.359. The van der Waals surface area contributed by atoms with Gasteiger partial charge in [0.25, 0.3) is 10.1 Å². The Kier molecular flexibility index (Phi) is 14.0. The third kappa shape index (κ3) is 21.0. The van der Waals surface area contributed by atoms with Crippen LogP contribution in [0.15, 0.2) is 0 Å². The molecule has 0 aromatic carbocycles. The van der Waals surface area contributed by atoms with Crippen LogP contribution in [-0.4, -0.2) is 61.2 Å². The van der Waals surface area contributed by atoms with Crippen molar-refractivity contribution in [2.75, 3.05) is 12.4 Å². The van der Waals surface area contributed by atoms with E-state index in [1.54, 1.807) is 0 Å². The van der Waals surface area contributed by atoms with Crippen molar-refractivity contribution in [2.24, 2.45) is 0 Å². The molecule has 0 aliphatic rings. The Labute approximate surface area is 140 Å². The second-order valence-electron chi connectivity index (χ2n) is 4.41. The maximum absolute atomic E-state index is 11.6. The minimum atomic E-state index is -4.53. The number of ether oxygens (including phenoxy) is 1. The Bertz CT molecular complexity index is 320. The van der Waals surface area contributed by atoms with Crippen molar-refractivity contribution >= 4 is 39.7 Å². The van der Waals surface area contributed by atoms with Gasteiger partial charge in [-0.1, -0.05) is 38.5 Å². The predicted molar refractivity (Wildman–Crippen MR) is 72.5 cm³/mol. The third-order valence-electron chi connectivity index (χ3n) is 2.56. The van der Waals surface area contributed by atoms with Crippen molar-refractivity contribution in [1.29, 1.82) is 0 Å². The molecule has 0 aromatic heterocycles. The van der Waals surface area contributed by atoms with Crippen LogP contribution in [0, 0.1) is 0 Å². The summed E-state index contributed by atoms with van der Waals surface area (Å²) in [7, 11) is -3.85. The molecule has 0 fully saturated rings. The zero-order chi connectivity index (χ0) is 14.8. The Morgan fingerprint density at radius 2 is 1.25 bits per heavy atom. The summed E-state index contributed by atoms with van der Waals surface area (Å²) >= 11 is 0. The molecule has 0 saturated carbocycles. The Morgan fingerprint density at radius 3 is 1.65 bits per heavy atom. The SMILES string of the molecule is O=S(=O)(O)CCCCCCCCCCOC(F)(F)F.[NaH]. The molecule has 9 heteroatoms. The van der Waals surface area contributed by atoms with Crippen molar-refractivity contribution in [3.63, 3.8) is 0 Å². The fraction of sp³-hybridized carbons (Fsp3) is 1.00. The van der Waals surface area contributed by atoms with Gasteiger partial charge in [0.2, 0.25) is 0 Å². The summed E-state index contributed by atoms with van der Waals surface area (Å²) in [4.78, 5) is 0. The molecule has 0 spiro atoms. The van der Waals surface area contributed by atoms with Gasteiger partial charge in [-0.3, -0.25) is 9.29 Å². The first-order valence-corrected chi connectivity index (χ1v) is 7.97. The summed E-state index contributed by atoms with van der Waals surface area (Å²) in [5.41, 5.74) is 0. The molecule has 0 bridgehead atoms. The van der Waals surface area contributed by atoms with Gasteiger partial charge in [-0.05, 0) is 12.8 Å². The monoisotopic (exact) mass is 330 g/mol. The number of alkyl halides is 3. The molecule has 0 aliphatic heterocycles. The summed E-state index contributed by atoms with van der Waals surface area (Å²) < 4.78 is 67.7. The predicted octanol–water partition coefficient (Wildman–Crippen LogP) is 2.88. The first kappa shape index (κ1) is 22.9. The van der Waals surface area contributed by atoms with Crippen LogP contribution in [0.5, 0.6) is 0 Å². The van der Waals surface area contributed by atoms with Crippen LogP contribution in [0.25, 0.3) is 0 Å².